The van der Waals surface area contributed by atoms with Gasteiger partial charge in [0.2, 0.25) is 0 Å². The van der Waals surface area contributed by atoms with Gasteiger partial charge in [-0.3, -0.25) is 0 Å². The fourth-order valence-corrected chi connectivity index (χ4v) is 4.85. The summed E-state index contributed by atoms with van der Waals surface area (Å²) in [6.07, 6.45) is 4.50. The van der Waals surface area contributed by atoms with Crippen LogP contribution in [0.25, 0.3) is 0 Å². The minimum absolute atomic E-state index is 0.00759. The number of aryl methyl sites for hydroxylation is 1. The van der Waals surface area contributed by atoms with Gasteiger partial charge in [0.25, 0.3) is 0 Å². The van der Waals surface area contributed by atoms with Crippen molar-refractivity contribution in [1.29, 1.82) is 0 Å². The van der Waals surface area contributed by atoms with Gasteiger partial charge < -0.3 is 10.6 Å². The number of nitrogens with zero attached hydrogens (tertiary/aromatic N) is 1. The molecule has 2 N–H and O–H groups in total. The zero-order chi connectivity index (χ0) is 17.0. The molecule has 2 aliphatic heterocycles. The van der Waals surface area contributed by atoms with Crippen LogP contribution in [0.3, 0.4) is 0 Å². The van der Waals surface area contributed by atoms with E-state index >= 15 is 0 Å². The Morgan fingerprint density at radius 1 is 1.00 bits per heavy atom. The van der Waals surface area contributed by atoms with E-state index in [1.807, 2.05) is 11.8 Å². The molecule has 2 heterocycles. The Hall–Kier alpha value is -1.94. The highest BCUT2D eigenvalue weighted by Gasteiger charge is 2.40. The number of rotatable bonds is 4. The lowest BCUT2D eigenvalue weighted by Crippen LogP contribution is -2.56. The number of para-hydroxylation sites is 2. The van der Waals surface area contributed by atoms with Crippen LogP contribution in [0.4, 0.5) is 11.4 Å². The molecule has 25 heavy (non-hydrogen) atoms. The molecule has 2 aromatic carbocycles. The third-order valence-corrected chi connectivity index (χ3v) is 6.07. The standard InChI is InChI=1S/C21H25N3S/c1-2-7-17(8-3-1)9-6-14-22-20-21(12-15-25-16-13-21)24-19-11-5-4-10-18(19)23-20/h1-5,7-8,10-11,24H,6,9,12-16H2,(H,22,23). The van der Waals surface area contributed by atoms with Crippen LogP contribution in [0.2, 0.25) is 0 Å². The molecule has 130 valence electrons. The molecule has 1 saturated heterocycles. The summed E-state index contributed by atoms with van der Waals surface area (Å²) in [4.78, 5) is 5.00. The maximum absolute atomic E-state index is 5.00. The van der Waals surface area contributed by atoms with Gasteiger partial charge in [0, 0.05) is 6.54 Å². The largest absolute Gasteiger partial charge is 0.372 e. The minimum atomic E-state index is -0.00759. The van der Waals surface area contributed by atoms with Crippen molar-refractivity contribution in [3.05, 3.63) is 60.2 Å². The Balaban J connectivity index is 1.46. The highest BCUT2D eigenvalue weighted by molar-refractivity contribution is 7.99. The van der Waals surface area contributed by atoms with Gasteiger partial charge in [-0.1, -0.05) is 42.5 Å². The summed E-state index contributed by atoms with van der Waals surface area (Å²) in [7, 11) is 0. The predicted molar refractivity (Wildman–Crippen MR) is 109 cm³/mol. The SMILES string of the molecule is c1ccc(CCCNC2=Nc3ccccc3NC23CCSCC3)cc1. The number of amidine groups is 1. The first-order chi connectivity index (χ1) is 12.4. The van der Waals surface area contributed by atoms with Gasteiger partial charge >= 0.3 is 0 Å². The maximum Gasteiger partial charge on any atom is 0.128 e. The Morgan fingerprint density at radius 3 is 2.60 bits per heavy atom. The van der Waals surface area contributed by atoms with Gasteiger partial charge in [-0.25, -0.2) is 4.99 Å². The number of fused-ring (bicyclic) bond motifs is 1. The quantitative estimate of drug-likeness (QED) is 0.789. The summed E-state index contributed by atoms with van der Waals surface area (Å²) in [5, 5.41) is 7.49. The number of anilines is 1. The number of aliphatic imine (C=N–C) groups is 1. The molecule has 1 spiro atoms. The Bertz CT molecular complexity index is 736. The molecule has 0 aliphatic carbocycles. The van der Waals surface area contributed by atoms with Crippen molar-refractivity contribution in [3.63, 3.8) is 0 Å². The molecule has 0 unspecified atom stereocenters. The van der Waals surface area contributed by atoms with Crippen molar-refractivity contribution in [2.24, 2.45) is 4.99 Å². The van der Waals surface area contributed by atoms with E-state index in [1.165, 1.54) is 22.8 Å². The molecule has 3 nitrogen and oxygen atoms in total. The summed E-state index contributed by atoms with van der Waals surface area (Å²) in [5.74, 6) is 3.53. The highest BCUT2D eigenvalue weighted by Crippen LogP contribution is 2.39. The van der Waals surface area contributed by atoms with Crippen molar-refractivity contribution in [2.45, 2.75) is 31.2 Å². The minimum Gasteiger partial charge on any atom is -0.372 e. The van der Waals surface area contributed by atoms with Crippen LogP contribution in [-0.4, -0.2) is 29.4 Å². The van der Waals surface area contributed by atoms with Crippen LogP contribution in [0.5, 0.6) is 0 Å². The van der Waals surface area contributed by atoms with Gasteiger partial charge in [-0.05, 0) is 54.9 Å². The molecule has 4 rings (SSSR count). The molecule has 2 aliphatic rings. The molecule has 1 fully saturated rings. The van der Waals surface area contributed by atoms with Crippen LogP contribution >= 0.6 is 11.8 Å². The Labute approximate surface area is 154 Å². The summed E-state index contributed by atoms with van der Waals surface area (Å²) >= 11 is 2.05. The third kappa shape index (κ3) is 3.69. The zero-order valence-electron chi connectivity index (χ0n) is 14.5. The highest BCUT2D eigenvalue weighted by atomic mass is 32.2. The van der Waals surface area contributed by atoms with Crippen molar-refractivity contribution in [1.82, 2.24) is 5.32 Å². The third-order valence-electron chi connectivity index (χ3n) is 5.09. The van der Waals surface area contributed by atoms with Gasteiger partial charge in [-0.2, -0.15) is 11.8 Å². The van der Waals surface area contributed by atoms with E-state index < -0.39 is 0 Å². The lowest BCUT2D eigenvalue weighted by atomic mass is 9.88. The Morgan fingerprint density at radius 2 is 1.76 bits per heavy atom. The molecular formula is C21H25N3S. The second-order valence-corrected chi connectivity index (χ2v) is 8.04. The Kier molecular flexibility index (Phi) is 4.97. The van der Waals surface area contributed by atoms with E-state index in [1.54, 1.807) is 0 Å². The fraction of sp³-hybridized carbons (Fsp3) is 0.381. The lowest BCUT2D eigenvalue weighted by Gasteiger charge is -2.42. The van der Waals surface area contributed by atoms with Gasteiger partial charge in [-0.15, -0.1) is 0 Å². The van der Waals surface area contributed by atoms with Crippen molar-refractivity contribution in [3.8, 4) is 0 Å². The second-order valence-electron chi connectivity index (χ2n) is 6.81. The van der Waals surface area contributed by atoms with E-state index in [0.29, 0.717) is 0 Å². The average molecular weight is 352 g/mol. The molecule has 0 amide bonds. The lowest BCUT2D eigenvalue weighted by molar-refractivity contribution is 0.542. The molecule has 2 aromatic rings. The van der Waals surface area contributed by atoms with E-state index in [2.05, 4.69) is 65.2 Å². The number of benzene rings is 2. The molecule has 0 saturated carbocycles. The van der Waals surface area contributed by atoms with Crippen LogP contribution in [0, 0.1) is 0 Å². The number of hydrogen-bond acceptors (Lipinski definition) is 4. The smallest absolute Gasteiger partial charge is 0.128 e. The van der Waals surface area contributed by atoms with Crippen LogP contribution in [0.1, 0.15) is 24.8 Å². The fourth-order valence-electron chi connectivity index (χ4n) is 3.66. The average Bonchev–Trinajstić information content (AvgIpc) is 2.67. The number of thioether (sulfide) groups is 1. The first-order valence-electron chi connectivity index (χ1n) is 9.18. The normalized spacial score (nSPS) is 18.2. The molecular weight excluding hydrogens is 326 g/mol. The van der Waals surface area contributed by atoms with Gasteiger partial charge in [0.15, 0.2) is 0 Å². The van der Waals surface area contributed by atoms with E-state index in [4.69, 9.17) is 4.99 Å². The first-order valence-corrected chi connectivity index (χ1v) is 10.3. The predicted octanol–water partition coefficient (Wildman–Crippen LogP) is 4.63. The van der Waals surface area contributed by atoms with E-state index in [-0.39, 0.29) is 5.54 Å². The molecule has 0 aromatic heterocycles. The van der Waals surface area contributed by atoms with Gasteiger partial charge in [0.1, 0.15) is 5.84 Å². The van der Waals surface area contributed by atoms with Crippen molar-refractivity contribution < 1.29 is 0 Å². The van der Waals surface area contributed by atoms with E-state index in [9.17, 15) is 0 Å². The van der Waals surface area contributed by atoms with Crippen LogP contribution < -0.4 is 10.6 Å². The van der Waals surface area contributed by atoms with Gasteiger partial charge in [0.05, 0.1) is 16.9 Å². The molecule has 0 radical (unpaired) electrons. The van der Waals surface area contributed by atoms with Crippen molar-refractivity contribution >= 4 is 29.0 Å². The zero-order valence-corrected chi connectivity index (χ0v) is 15.3. The summed E-state index contributed by atoms with van der Waals surface area (Å²) in [6.45, 7) is 0.965. The van der Waals surface area contributed by atoms with Crippen LogP contribution in [-0.2, 0) is 6.42 Å². The topological polar surface area (TPSA) is 36.4 Å². The second kappa shape index (κ2) is 7.52. The number of hydrogen-bond donors (Lipinski definition) is 2. The molecule has 0 atom stereocenters. The number of nitrogens with one attached hydrogen (secondary N) is 2. The van der Waals surface area contributed by atoms with E-state index in [0.717, 1.165) is 43.8 Å². The summed E-state index contributed by atoms with van der Waals surface area (Å²) in [6, 6.07) is 19.1. The van der Waals surface area contributed by atoms with Crippen molar-refractivity contribution in [2.75, 3.05) is 23.4 Å². The summed E-state index contributed by atoms with van der Waals surface area (Å²) < 4.78 is 0. The monoisotopic (exact) mass is 351 g/mol. The molecule has 4 heteroatoms. The maximum atomic E-state index is 5.00. The summed E-state index contributed by atoms with van der Waals surface area (Å²) in [5.41, 5.74) is 3.62. The molecule has 0 bridgehead atoms. The van der Waals surface area contributed by atoms with Crippen LogP contribution in [0.15, 0.2) is 59.6 Å². The first kappa shape index (κ1) is 16.5.